The molecule has 0 aromatic heterocycles. The van der Waals surface area contributed by atoms with Gasteiger partial charge in [0.05, 0.1) is 0 Å². The summed E-state index contributed by atoms with van der Waals surface area (Å²) in [5, 5.41) is 0. The minimum absolute atomic E-state index is 0.379. The van der Waals surface area contributed by atoms with Crippen molar-refractivity contribution >= 4 is 21.7 Å². The second-order valence-electron chi connectivity index (χ2n) is 5.00. The molecule has 1 fully saturated rings. The van der Waals surface area contributed by atoms with Crippen LogP contribution in [0.25, 0.3) is 0 Å². The number of halogens is 1. The smallest absolute Gasteiger partial charge is 0.137 e. The van der Waals surface area contributed by atoms with Gasteiger partial charge in [-0.3, -0.25) is 4.79 Å². The fraction of sp³-hybridized carbons (Fsp3) is 0.533. The summed E-state index contributed by atoms with van der Waals surface area (Å²) in [5.74, 6) is 1.20. The van der Waals surface area contributed by atoms with Crippen molar-refractivity contribution in [3.8, 4) is 0 Å². The predicted molar refractivity (Wildman–Crippen MR) is 74.0 cm³/mol. The van der Waals surface area contributed by atoms with Crippen LogP contribution in [0.15, 0.2) is 28.7 Å². The molecule has 1 saturated carbocycles. The third-order valence-electron chi connectivity index (χ3n) is 3.65. The molecule has 0 heterocycles. The van der Waals surface area contributed by atoms with Gasteiger partial charge in [-0.1, -0.05) is 59.8 Å². The number of rotatable bonds is 5. The van der Waals surface area contributed by atoms with Crippen LogP contribution in [0.5, 0.6) is 0 Å². The summed E-state index contributed by atoms with van der Waals surface area (Å²) in [4.78, 5) is 11.9. The molecule has 2 heteroatoms. The van der Waals surface area contributed by atoms with Crippen molar-refractivity contribution in [1.82, 2.24) is 0 Å². The predicted octanol–water partition coefficient (Wildman–Crippen LogP) is 4.53. The van der Waals surface area contributed by atoms with E-state index in [-0.39, 0.29) is 0 Å². The maximum atomic E-state index is 11.9. The van der Waals surface area contributed by atoms with E-state index >= 15 is 0 Å². The van der Waals surface area contributed by atoms with Gasteiger partial charge < -0.3 is 0 Å². The molecule has 0 aliphatic heterocycles. The zero-order chi connectivity index (χ0) is 12.1. The third-order valence-corrected chi connectivity index (χ3v) is 4.43. The van der Waals surface area contributed by atoms with Gasteiger partial charge in [0, 0.05) is 17.3 Å². The second-order valence-corrected chi connectivity index (χ2v) is 5.85. The van der Waals surface area contributed by atoms with Crippen LogP contribution >= 0.6 is 15.9 Å². The largest absolute Gasteiger partial charge is 0.299 e. The highest BCUT2D eigenvalue weighted by Gasteiger charge is 2.16. The molecular weight excluding hydrogens is 276 g/mol. The lowest BCUT2D eigenvalue weighted by Crippen LogP contribution is -2.05. The Labute approximate surface area is 112 Å². The van der Waals surface area contributed by atoms with Crippen molar-refractivity contribution in [2.45, 2.75) is 44.9 Å². The van der Waals surface area contributed by atoms with E-state index in [9.17, 15) is 4.79 Å². The summed E-state index contributed by atoms with van der Waals surface area (Å²) < 4.78 is 1.05. The van der Waals surface area contributed by atoms with Crippen LogP contribution in [0.1, 0.15) is 44.1 Å². The van der Waals surface area contributed by atoms with Crippen molar-refractivity contribution in [3.05, 3.63) is 34.3 Å². The fourth-order valence-electron chi connectivity index (χ4n) is 2.61. The lowest BCUT2D eigenvalue weighted by molar-refractivity contribution is -0.118. The first kappa shape index (κ1) is 12.8. The molecule has 1 nitrogen and oxygen atoms in total. The van der Waals surface area contributed by atoms with E-state index < -0.39 is 0 Å². The van der Waals surface area contributed by atoms with Crippen LogP contribution in [0.4, 0.5) is 0 Å². The molecule has 0 bridgehead atoms. The number of Topliss-reactive ketones (excluding diaryl/α,β-unsaturated/α-hetero) is 1. The van der Waals surface area contributed by atoms with Crippen molar-refractivity contribution in [3.63, 3.8) is 0 Å². The average molecular weight is 295 g/mol. The van der Waals surface area contributed by atoms with Crippen LogP contribution in [0.2, 0.25) is 0 Å². The van der Waals surface area contributed by atoms with Crippen LogP contribution in [-0.2, 0) is 11.2 Å². The highest BCUT2D eigenvalue weighted by Crippen LogP contribution is 2.28. The summed E-state index contributed by atoms with van der Waals surface area (Å²) in [7, 11) is 0. The Bertz CT molecular complexity index is 380. The Morgan fingerprint density at radius 3 is 2.65 bits per heavy atom. The number of ketones is 1. The lowest BCUT2D eigenvalue weighted by Gasteiger charge is -2.08. The first-order valence-corrected chi connectivity index (χ1v) is 7.30. The maximum absolute atomic E-state index is 11.9. The fourth-order valence-corrected chi connectivity index (χ4v) is 3.03. The maximum Gasteiger partial charge on any atom is 0.137 e. The number of hydrogen-bond donors (Lipinski definition) is 0. The summed E-state index contributed by atoms with van der Waals surface area (Å²) in [6, 6.07) is 8.00. The zero-order valence-electron chi connectivity index (χ0n) is 10.1. The number of benzene rings is 1. The Kier molecular flexibility index (Phi) is 4.78. The topological polar surface area (TPSA) is 17.1 Å². The van der Waals surface area contributed by atoms with Gasteiger partial charge in [0.25, 0.3) is 0 Å². The van der Waals surface area contributed by atoms with E-state index in [1.165, 1.54) is 25.7 Å². The molecule has 0 unspecified atom stereocenters. The van der Waals surface area contributed by atoms with Crippen molar-refractivity contribution in [1.29, 1.82) is 0 Å². The van der Waals surface area contributed by atoms with Crippen LogP contribution in [-0.4, -0.2) is 5.78 Å². The van der Waals surface area contributed by atoms with E-state index in [0.29, 0.717) is 12.2 Å². The van der Waals surface area contributed by atoms with Crippen LogP contribution < -0.4 is 0 Å². The summed E-state index contributed by atoms with van der Waals surface area (Å²) >= 11 is 3.49. The van der Waals surface area contributed by atoms with Gasteiger partial charge in [-0.15, -0.1) is 0 Å². The Hall–Kier alpha value is -0.630. The Morgan fingerprint density at radius 1 is 1.24 bits per heavy atom. The third kappa shape index (κ3) is 3.95. The van der Waals surface area contributed by atoms with Crippen molar-refractivity contribution in [2.75, 3.05) is 0 Å². The first-order valence-electron chi connectivity index (χ1n) is 6.51. The molecule has 2 rings (SSSR count). The normalized spacial score (nSPS) is 16.3. The molecule has 1 aliphatic rings. The van der Waals surface area contributed by atoms with E-state index in [0.717, 1.165) is 28.8 Å². The van der Waals surface area contributed by atoms with Gasteiger partial charge in [0.2, 0.25) is 0 Å². The molecule has 0 radical (unpaired) electrons. The van der Waals surface area contributed by atoms with Gasteiger partial charge in [-0.2, -0.15) is 0 Å². The first-order chi connectivity index (χ1) is 8.25. The lowest BCUT2D eigenvalue weighted by atomic mass is 9.98. The molecule has 0 saturated heterocycles. The SMILES string of the molecule is O=C(CCC1CCCC1)Cc1ccccc1Br. The molecule has 0 amide bonds. The molecule has 0 spiro atoms. The molecule has 92 valence electrons. The van der Waals surface area contributed by atoms with E-state index in [2.05, 4.69) is 15.9 Å². The van der Waals surface area contributed by atoms with Crippen molar-refractivity contribution < 1.29 is 4.79 Å². The van der Waals surface area contributed by atoms with E-state index in [1.807, 2.05) is 24.3 Å². The van der Waals surface area contributed by atoms with Gasteiger partial charge in [-0.25, -0.2) is 0 Å². The van der Waals surface area contributed by atoms with E-state index in [1.54, 1.807) is 0 Å². The molecule has 1 aromatic rings. The van der Waals surface area contributed by atoms with Gasteiger partial charge in [0.1, 0.15) is 5.78 Å². The summed E-state index contributed by atoms with van der Waals surface area (Å²) in [6.07, 6.45) is 7.83. The van der Waals surface area contributed by atoms with E-state index in [4.69, 9.17) is 0 Å². The minimum Gasteiger partial charge on any atom is -0.299 e. The van der Waals surface area contributed by atoms with Gasteiger partial charge >= 0.3 is 0 Å². The Morgan fingerprint density at radius 2 is 1.94 bits per heavy atom. The van der Waals surface area contributed by atoms with Gasteiger partial charge in [-0.05, 0) is 24.0 Å². The standard InChI is InChI=1S/C15H19BrO/c16-15-8-4-3-7-13(15)11-14(17)10-9-12-5-1-2-6-12/h3-4,7-8,12H,1-2,5-6,9-11H2. The Balaban J connectivity index is 1.79. The van der Waals surface area contributed by atoms with Crippen LogP contribution in [0, 0.1) is 5.92 Å². The minimum atomic E-state index is 0.379. The summed E-state index contributed by atoms with van der Waals surface area (Å²) in [5.41, 5.74) is 1.11. The van der Waals surface area contributed by atoms with Gasteiger partial charge in [0.15, 0.2) is 0 Å². The average Bonchev–Trinajstić information content (AvgIpc) is 2.82. The second kappa shape index (κ2) is 6.34. The zero-order valence-corrected chi connectivity index (χ0v) is 11.7. The van der Waals surface area contributed by atoms with Crippen molar-refractivity contribution in [2.24, 2.45) is 5.92 Å². The highest BCUT2D eigenvalue weighted by atomic mass is 79.9. The highest BCUT2D eigenvalue weighted by molar-refractivity contribution is 9.10. The molecular formula is C15H19BrO. The quantitative estimate of drug-likeness (QED) is 0.780. The van der Waals surface area contributed by atoms with Crippen LogP contribution in [0.3, 0.4) is 0 Å². The molecule has 1 aromatic carbocycles. The molecule has 0 atom stereocenters. The number of carbonyl (C=O) groups excluding carboxylic acids is 1. The molecule has 17 heavy (non-hydrogen) atoms. The monoisotopic (exact) mass is 294 g/mol. The molecule has 0 N–H and O–H groups in total. The molecule has 1 aliphatic carbocycles. The number of carbonyl (C=O) groups is 1. The summed E-state index contributed by atoms with van der Waals surface area (Å²) in [6.45, 7) is 0. The number of hydrogen-bond acceptors (Lipinski definition) is 1.